The van der Waals surface area contributed by atoms with Crippen molar-refractivity contribution in [2.75, 3.05) is 39.3 Å². The number of halogens is 1. The molecule has 1 amide bonds. The van der Waals surface area contributed by atoms with E-state index in [1.165, 1.54) is 50.7 Å². The minimum Gasteiger partial charge on any atom is -0.332 e. The van der Waals surface area contributed by atoms with E-state index in [2.05, 4.69) is 21.6 Å². The minimum absolute atomic E-state index is 0.0332. The summed E-state index contributed by atoms with van der Waals surface area (Å²) in [6.07, 6.45) is 7.64. The highest BCUT2D eigenvalue weighted by atomic mass is 19.1. The van der Waals surface area contributed by atoms with Crippen LogP contribution in [0.15, 0.2) is 24.3 Å². The van der Waals surface area contributed by atoms with E-state index in [-0.39, 0.29) is 17.3 Å². The lowest BCUT2D eigenvalue weighted by Crippen LogP contribution is -2.62. The topological polar surface area (TPSA) is 26.8 Å². The van der Waals surface area contributed by atoms with Gasteiger partial charge in [0, 0.05) is 38.3 Å². The zero-order valence-corrected chi connectivity index (χ0v) is 18.4. The van der Waals surface area contributed by atoms with E-state index < -0.39 is 0 Å². The van der Waals surface area contributed by atoms with E-state index in [0.29, 0.717) is 13.1 Å². The zero-order valence-electron chi connectivity index (χ0n) is 18.4. The summed E-state index contributed by atoms with van der Waals surface area (Å²) in [5.74, 6) is 2.47. The third kappa shape index (κ3) is 4.03. The number of carbonyl (C=O) groups is 1. The molecule has 0 spiro atoms. The van der Waals surface area contributed by atoms with Crippen molar-refractivity contribution in [3.8, 4) is 0 Å². The Labute approximate surface area is 180 Å². The highest BCUT2D eigenvalue weighted by Crippen LogP contribution is 2.58. The van der Waals surface area contributed by atoms with Gasteiger partial charge in [0.1, 0.15) is 5.82 Å². The summed E-state index contributed by atoms with van der Waals surface area (Å²) in [4.78, 5) is 20.8. The van der Waals surface area contributed by atoms with E-state index >= 15 is 0 Å². The Morgan fingerprint density at radius 3 is 2.03 bits per heavy atom. The molecule has 30 heavy (non-hydrogen) atoms. The molecule has 5 heteroatoms. The van der Waals surface area contributed by atoms with Crippen molar-refractivity contribution >= 4 is 5.91 Å². The fraction of sp³-hybridized carbons (Fsp3) is 0.720. The smallest absolute Gasteiger partial charge is 0.237 e. The summed E-state index contributed by atoms with van der Waals surface area (Å²) in [5.41, 5.74) is 1.09. The first kappa shape index (κ1) is 20.4. The van der Waals surface area contributed by atoms with Crippen LogP contribution in [0.5, 0.6) is 0 Å². The Kier molecular flexibility index (Phi) is 5.61. The van der Waals surface area contributed by atoms with Crippen LogP contribution in [-0.2, 0) is 11.3 Å². The van der Waals surface area contributed by atoms with Crippen LogP contribution in [0.4, 0.5) is 4.39 Å². The maximum Gasteiger partial charge on any atom is 0.237 e. The molecule has 6 rings (SSSR count). The third-order valence-electron chi connectivity index (χ3n) is 8.40. The van der Waals surface area contributed by atoms with Gasteiger partial charge in [-0.3, -0.25) is 9.69 Å². The molecule has 0 unspecified atom stereocenters. The van der Waals surface area contributed by atoms with Crippen LogP contribution in [0, 0.1) is 23.6 Å². The fourth-order valence-corrected chi connectivity index (χ4v) is 7.23. The highest BCUT2D eigenvalue weighted by Gasteiger charge is 2.54. The van der Waals surface area contributed by atoms with Crippen LogP contribution in [0.1, 0.15) is 51.0 Å². The summed E-state index contributed by atoms with van der Waals surface area (Å²) in [5, 5.41) is 0. The molecule has 1 heterocycles. The molecule has 4 aliphatic carbocycles. The maximum absolute atomic E-state index is 13.7. The number of benzene rings is 1. The quantitative estimate of drug-likeness (QED) is 0.711. The summed E-state index contributed by atoms with van der Waals surface area (Å²) in [6, 6.07) is 6.77. The van der Waals surface area contributed by atoms with Crippen molar-refractivity contribution in [1.82, 2.24) is 14.7 Å². The van der Waals surface area contributed by atoms with E-state index in [1.807, 2.05) is 12.1 Å². The standard InChI is InChI=1S/C25H36FN3O/c1-2-27-7-9-28(10-8-27)18-24(30)29(17-19-3-5-23(26)6-4-19)25-14-20-11-21(15-25)13-22(12-20)16-25/h3-6,20-22H,2,7-18H2,1H3. The molecule has 1 aliphatic heterocycles. The second kappa shape index (κ2) is 8.23. The monoisotopic (exact) mass is 413 g/mol. The molecule has 5 aliphatic rings. The molecule has 4 bridgehead atoms. The van der Waals surface area contributed by atoms with Crippen LogP contribution in [-0.4, -0.2) is 65.4 Å². The Morgan fingerprint density at radius 1 is 0.967 bits per heavy atom. The normalized spacial score (nSPS) is 33.7. The highest BCUT2D eigenvalue weighted by molar-refractivity contribution is 5.79. The second-order valence-electron chi connectivity index (χ2n) is 10.5. The molecule has 164 valence electrons. The van der Waals surface area contributed by atoms with Crippen molar-refractivity contribution in [2.45, 2.75) is 57.5 Å². The van der Waals surface area contributed by atoms with Crippen molar-refractivity contribution in [3.63, 3.8) is 0 Å². The van der Waals surface area contributed by atoms with Crippen LogP contribution in [0.3, 0.4) is 0 Å². The number of carbonyl (C=O) groups excluding carboxylic acids is 1. The first-order valence-electron chi connectivity index (χ1n) is 12.0. The van der Waals surface area contributed by atoms with Gasteiger partial charge in [0.05, 0.1) is 6.54 Å². The van der Waals surface area contributed by atoms with Gasteiger partial charge in [0.25, 0.3) is 0 Å². The Morgan fingerprint density at radius 2 is 1.50 bits per heavy atom. The number of piperazine rings is 1. The summed E-state index contributed by atoms with van der Waals surface area (Å²) in [6.45, 7) is 8.51. The van der Waals surface area contributed by atoms with Crippen molar-refractivity contribution < 1.29 is 9.18 Å². The van der Waals surface area contributed by atoms with Gasteiger partial charge in [-0.1, -0.05) is 19.1 Å². The van der Waals surface area contributed by atoms with Crippen LogP contribution in [0.2, 0.25) is 0 Å². The number of likely N-dealkylation sites (N-methyl/N-ethyl adjacent to an activating group) is 1. The van der Waals surface area contributed by atoms with Crippen molar-refractivity contribution in [3.05, 3.63) is 35.6 Å². The van der Waals surface area contributed by atoms with Gasteiger partial charge in [-0.05, 0) is 80.5 Å². The van der Waals surface area contributed by atoms with Gasteiger partial charge in [-0.15, -0.1) is 0 Å². The molecule has 0 atom stereocenters. The van der Waals surface area contributed by atoms with E-state index in [9.17, 15) is 9.18 Å². The van der Waals surface area contributed by atoms with E-state index in [0.717, 1.165) is 56.0 Å². The number of hydrogen-bond donors (Lipinski definition) is 0. The van der Waals surface area contributed by atoms with Gasteiger partial charge in [-0.2, -0.15) is 0 Å². The first-order valence-corrected chi connectivity index (χ1v) is 12.0. The van der Waals surface area contributed by atoms with Crippen LogP contribution >= 0.6 is 0 Å². The predicted octanol–water partition coefficient (Wildman–Crippen LogP) is 3.76. The Bertz CT molecular complexity index is 721. The number of nitrogens with zero attached hydrogens (tertiary/aromatic N) is 3. The predicted molar refractivity (Wildman–Crippen MR) is 116 cm³/mol. The lowest BCUT2D eigenvalue weighted by Gasteiger charge is -2.60. The average Bonchev–Trinajstić information content (AvgIpc) is 2.72. The zero-order chi connectivity index (χ0) is 20.7. The van der Waals surface area contributed by atoms with Gasteiger partial charge in [0.2, 0.25) is 5.91 Å². The fourth-order valence-electron chi connectivity index (χ4n) is 7.23. The lowest BCUT2D eigenvalue weighted by molar-refractivity contribution is -0.154. The molecule has 1 saturated heterocycles. The minimum atomic E-state index is -0.208. The Balaban J connectivity index is 1.36. The Hall–Kier alpha value is -1.46. The molecule has 1 aromatic carbocycles. The SMILES string of the molecule is CCN1CCN(CC(=O)N(Cc2ccc(F)cc2)C23CC4CC(CC(C4)C2)C3)CC1. The second-order valence-corrected chi connectivity index (χ2v) is 10.5. The summed E-state index contributed by atoms with van der Waals surface area (Å²) in [7, 11) is 0. The third-order valence-corrected chi connectivity index (χ3v) is 8.40. The lowest BCUT2D eigenvalue weighted by atomic mass is 9.52. The number of rotatable bonds is 6. The van der Waals surface area contributed by atoms with Crippen LogP contribution < -0.4 is 0 Å². The van der Waals surface area contributed by atoms with Gasteiger partial charge in [-0.25, -0.2) is 4.39 Å². The first-order chi connectivity index (χ1) is 14.5. The molecule has 5 fully saturated rings. The average molecular weight is 414 g/mol. The summed E-state index contributed by atoms with van der Waals surface area (Å²) < 4.78 is 13.5. The molecular formula is C25H36FN3O. The maximum atomic E-state index is 13.7. The van der Waals surface area contributed by atoms with Gasteiger partial charge in [0.15, 0.2) is 0 Å². The van der Waals surface area contributed by atoms with E-state index in [4.69, 9.17) is 0 Å². The van der Waals surface area contributed by atoms with Gasteiger partial charge >= 0.3 is 0 Å². The van der Waals surface area contributed by atoms with E-state index in [1.54, 1.807) is 0 Å². The van der Waals surface area contributed by atoms with Crippen LogP contribution in [0.25, 0.3) is 0 Å². The van der Waals surface area contributed by atoms with Crippen molar-refractivity contribution in [1.29, 1.82) is 0 Å². The largest absolute Gasteiger partial charge is 0.332 e. The molecule has 0 N–H and O–H groups in total. The molecule has 4 saturated carbocycles. The molecule has 1 aromatic rings. The summed E-state index contributed by atoms with van der Waals surface area (Å²) >= 11 is 0. The molecular weight excluding hydrogens is 377 g/mol. The molecule has 4 nitrogen and oxygen atoms in total. The molecule has 0 radical (unpaired) electrons. The molecule has 0 aromatic heterocycles. The number of amides is 1. The number of hydrogen-bond acceptors (Lipinski definition) is 3. The van der Waals surface area contributed by atoms with Gasteiger partial charge < -0.3 is 9.80 Å². The van der Waals surface area contributed by atoms with Crippen molar-refractivity contribution in [2.24, 2.45) is 17.8 Å².